The molecular weight excluding hydrogens is 542 g/mol. The van der Waals surface area contributed by atoms with Gasteiger partial charge in [0.25, 0.3) is 21.8 Å². The van der Waals surface area contributed by atoms with E-state index in [4.69, 9.17) is 4.99 Å². The largest absolute Gasteiger partial charge is 0.321 e. The summed E-state index contributed by atoms with van der Waals surface area (Å²) in [4.78, 5) is 46.4. The zero-order valence-electron chi connectivity index (χ0n) is 22.5. The van der Waals surface area contributed by atoms with Gasteiger partial charge < -0.3 is 15.5 Å². The Kier molecular flexibility index (Phi) is 7.89. The fourth-order valence-electron chi connectivity index (χ4n) is 5.40. The predicted octanol–water partition coefficient (Wildman–Crippen LogP) is 4.30. The van der Waals surface area contributed by atoms with Crippen molar-refractivity contribution in [2.45, 2.75) is 42.7 Å². The van der Waals surface area contributed by atoms with E-state index in [1.54, 1.807) is 37.5 Å². The maximum absolute atomic E-state index is 14.0. The molecule has 1 aliphatic carbocycles. The Bertz CT molecular complexity index is 1600. The molecule has 1 fully saturated rings. The highest BCUT2D eigenvalue weighted by Gasteiger charge is 2.49. The third-order valence-electron chi connectivity index (χ3n) is 7.50. The van der Waals surface area contributed by atoms with Gasteiger partial charge in [-0.2, -0.15) is 0 Å². The van der Waals surface area contributed by atoms with Gasteiger partial charge >= 0.3 is 6.03 Å². The molecule has 1 unspecified atom stereocenters. The lowest BCUT2D eigenvalue weighted by atomic mass is 9.79. The Balaban J connectivity index is 1.37. The number of sulfonamides is 1. The number of para-hydroxylation sites is 1. The summed E-state index contributed by atoms with van der Waals surface area (Å²) in [5.74, 6) is -1.39. The first-order chi connectivity index (χ1) is 19.7. The number of hydrogen-bond donors (Lipinski definition) is 3. The van der Waals surface area contributed by atoms with E-state index >= 15 is 0 Å². The molecule has 1 saturated carbocycles. The van der Waals surface area contributed by atoms with E-state index in [2.05, 4.69) is 10.6 Å². The van der Waals surface area contributed by atoms with Crippen LogP contribution in [0.25, 0.3) is 0 Å². The number of anilines is 2. The van der Waals surface area contributed by atoms with Gasteiger partial charge in [-0.15, -0.1) is 0 Å². The minimum absolute atomic E-state index is 0.0306. The summed E-state index contributed by atoms with van der Waals surface area (Å²) in [6.45, 7) is 0. The highest BCUT2D eigenvalue weighted by molar-refractivity contribution is 7.90. The molecule has 11 heteroatoms. The van der Waals surface area contributed by atoms with Crippen molar-refractivity contribution in [2.24, 2.45) is 10.9 Å². The molecule has 212 valence electrons. The van der Waals surface area contributed by atoms with Gasteiger partial charge in [-0.3, -0.25) is 14.6 Å². The van der Waals surface area contributed by atoms with Crippen molar-refractivity contribution in [3.63, 3.8) is 0 Å². The number of carbonyl (C=O) groups is 3. The van der Waals surface area contributed by atoms with Crippen LogP contribution in [0, 0.1) is 5.92 Å². The minimum atomic E-state index is -4.08. The molecule has 0 spiro atoms. The summed E-state index contributed by atoms with van der Waals surface area (Å²) in [6.07, 6.45) is 6.03. The van der Waals surface area contributed by atoms with Crippen molar-refractivity contribution in [1.82, 2.24) is 10.0 Å². The number of fused-ring (bicyclic) bond motifs is 1. The number of likely N-dealkylation sites (N-methyl/N-ethyl adjacent to an activating group) is 1. The Morgan fingerprint density at radius 1 is 0.927 bits per heavy atom. The van der Waals surface area contributed by atoms with E-state index in [0.29, 0.717) is 5.69 Å². The molecule has 41 heavy (non-hydrogen) atoms. The third kappa shape index (κ3) is 5.85. The number of benzene rings is 3. The number of nitrogens with zero attached hydrogens (tertiary/aromatic N) is 2. The van der Waals surface area contributed by atoms with E-state index in [0.717, 1.165) is 37.7 Å². The van der Waals surface area contributed by atoms with E-state index in [1.807, 2.05) is 29.0 Å². The predicted molar refractivity (Wildman–Crippen MR) is 156 cm³/mol. The van der Waals surface area contributed by atoms with Crippen LogP contribution >= 0.6 is 0 Å². The normalized spacial score (nSPS) is 19.1. The number of hydrogen-bond acceptors (Lipinski definition) is 6. The van der Waals surface area contributed by atoms with Gasteiger partial charge in [0, 0.05) is 36.0 Å². The van der Waals surface area contributed by atoms with Gasteiger partial charge in [-0.25, -0.2) is 17.9 Å². The van der Waals surface area contributed by atoms with E-state index in [9.17, 15) is 22.8 Å². The van der Waals surface area contributed by atoms with Crippen LogP contribution in [0.15, 0.2) is 88.8 Å². The molecule has 0 aromatic heterocycles. The molecule has 2 aliphatic rings. The lowest BCUT2D eigenvalue weighted by molar-refractivity contribution is -0.126. The fourth-order valence-corrected chi connectivity index (χ4v) is 6.39. The van der Waals surface area contributed by atoms with Crippen LogP contribution in [0.2, 0.25) is 0 Å². The first-order valence-corrected chi connectivity index (χ1v) is 14.9. The molecule has 0 bridgehead atoms. The van der Waals surface area contributed by atoms with Gasteiger partial charge in [0.2, 0.25) is 5.66 Å². The maximum Gasteiger partial charge on any atom is 0.321 e. The lowest BCUT2D eigenvalue weighted by Gasteiger charge is -2.40. The topological polar surface area (TPSA) is 137 Å². The quantitative estimate of drug-likeness (QED) is 0.404. The molecule has 5 rings (SSSR count). The van der Waals surface area contributed by atoms with Crippen LogP contribution in [-0.4, -0.2) is 45.2 Å². The average Bonchev–Trinajstić information content (AvgIpc) is 3.09. The van der Waals surface area contributed by atoms with Crippen molar-refractivity contribution in [2.75, 3.05) is 17.3 Å². The highest BCUT2D eigenvalue weighted by atomic mass is 32.2. The molecule has 3 N–H and O–H groups in total. The van der Waals surface area contributed by atoms with E-state index < -0.39 is 27.6 Å². The van der Waals surface area contributed by atoms with Gasteiger partial charge in [-0.05, 0) is 49.2 Å². The maximum atomic E-state index is 14.0. The number of amides is 4. The van der Waals surface area contributed by atoms with Gasteiger partial charge in [0.05, 0.1) is 10.6 Å². The SMILES string of the molecule is CN1C(=O)C(NC(=O)Nc2cccc(C(=O)NS(=O)(=O)c3ccccc3)c2)(C2CCCCC2)N=Cc2ccccc21. The highest BCUT2D eigenvalue weighted by Crippen LogP contribution is 2.38. The first-order valence-electron chi connectivity index (χ1n) is 13.4. The van der Waals surface area contributed by atoms with Crippen molar-refractivity contribution < 1.29 is 22.8 Å². The molecule has 3 aromatic carbocycles. The third-order valence-corrected chi connectivity index (χ3v) is 8.85. The summed E-state index contributed by atoms with van der Waals surface area (Å²) < 4.78 is 27.2. The van der Waals surface area contributed by atoms with Crippen molar-refractivity contribution in [3.8, 4) is 0 Å². The molecule has 0 radical (unpaired) electrons. The summed E-state index contributed by atoms with van der Waals surface area (Å²) in [5.41, 5.74) is 0.227. The van der Waals surface area contributed by atoms with Crippen LogP contribution in [0.3, 0.4) is 0 Å². The average molecular weight is 574 g/mol. The number of aliphatic imine (C=N–C) groups is 1. The van der Waals surface area contributed by atoms with E-state index in [-0.39, 0.29) is 28.0 Å². The second kappa shape index (κ2) is 11.5. The van der Waals surface area contributed by atoms with Gasteiger partial charge in [-0.1, -0.05) is 61.7 Å². The Labute approximate surface area is 238 Å². The van der Waals surface area contributed by atoms with Crippen molar-refractivity contribution in [3.05, 3.63) is 90.0 Å². The van der Waals surface area contributed by atoms with E-state index in [1.165, 1.54) is 35.2 Å². The van der Waals surface area contributed by atoms with Crippen LogP contribution in [-0.2, 0) is 14.8 Å². The Morgan fingerprint density at radius 2 is 1.63 bits per heavy atom. The lowest BCUT2D eigenvalue weighted by Crippen LogP contribution is -2.63. The minimum Gasteiger partial charge on any atom is -0.311 e. The molecule has 0 saturated heterocycles. The molecular formula is C30H31N5O5S. The summed E-state index contributed by atoms with van der Waals surface area (Å²) in [6, 6.07) is 20.2. The Hall–Kier alpha value is -4.51. The molecule has 1 heterocycles. The number of urea groups is 1. The molecule has 1 atom stereocenters. The van der Waals surface area contributed by atoms with Crippen LogP contribution in [0.5, 0.6) is 0 Å². The second-order valence-electron chi connectivity index (χ2n) is 10.2. The van der Waals surface area contributed by atoms with Crippen molar-refractivity contribution >= 4 is 45.5 Å². The molecule has 3 aromatic rings. The smallest absolute Gasteiger partial charge is 0.311 e. The zero-order chi connectivity index (χ0) is 29.0. The zero-order valence-corrected chi connectivity index (χ0v) is 23.4. The number of carbonyl (C=O) groups excluding carboxylic acids is 3. The van der Waals surface area contributed by atoms with Gasteiger partial charge in [0.15, 0.2) is 0 Å². The standard InChI is InChI=1S/C30H31N5O5S/c1-35-26-18-9-8-11-22(26)20-31-30(28(35)37,23-13-4-2-5-14-23)33-29(38)32-24-15-10-12-21(19-24)27(36)34-41(39,40)25-16-6-3-7-17-25/h3,6-12,15-20,23H,2,4-5,13-14H2,1H3,(H,34,36)(H2,32,33,38). The van der Waals surface area contributed by atoms with Gasteiger partial charge in [0.1, 0.15) is 0 Å². The van der Waals surface area contributed by atoms with Crippen LogP contribution < -0.4 is 20.3 Å². The molecule has 10 nitrogen and oxygen atoms in total. The Morgan fingerprint density at radius 3 is 2.39 bits per heavy atom. The monoisotopic (exact) mass is 573 g/mol. The van der Waals surface area contributed by atoms with Crippen LogP contribution in [0.4, 0.5) is 16.2 Å². The number of nitrogens with one attached hydrogen (secondary N) is 3. The number of benzodiazepines with no additional fused rings is 1. The summed E-state index contributed by atoms with van der Waals surface area (Å²) in [5, 5.41) is 5.57. The first kappa shape index (κ1) is 28.0. The summed E-state index contributed by atoms with van der Waals surface area (Å²) >= 11 is 0. The second-order valence-corrected chi connectivity index (χ2v) is 11.9. The molecule has 1 aliphatic heterocycles. The van der Waals surface area contributed by atoms with Crippen molar-refractivity contribution in [1.29, 1.82) is 0 Å². The molecule has 4 amide bonds. The summed E-state index contributed by atoms with van der Waals surface area (Å²) in [7, 11) is -2.40. The fraction of sp³-hybridized carbons (Fsp3) is 0.267. The van der Waals surface area contributed by atoms with Crippen LogP contribution in [0.1, 0.15) is 48.0 Å². The number of rotatable bonds is 6.